The SMILES string of the molecule is CCCCCCCCCCCCCCN(CCO[C@@H]1O[C@H](CO)[C@@H](O[C@@H]2O[C@@H](C)[C@H](O)[C@@H](O)[C@H]2O)[C@H](O)[C@H]1O[C@@H]1O[C@@H](C)[C@H](O)[C@@H](O)[C@H]1O)C(=O)CCCCCCC. The summed E-state index contributed by atoms with van der Waals surface area (Å²) in [5.41, 5.74) is 0. The molecular weight excluding hydrogens is 758 g/mol. The maximum absolute atomic E-state index is 13.5. The van der Waals surface area contributed by atoms with Gasteiger partial charge in [0.25, 0.3) is 0 Å². The van der Waals surface area contributed by atoms with E-state index in [1.54, 1.807) is 4.90 Å². The van der Waals surface area contributed by atoms with E-state index in [-0.39, 0.29) is 19.1 Å². The number of rotatable bonds is 28. The van der Waals surface area contributed by atoms with Gasteiger partial charge in [0, 0.05) is 19.5 Å². The Hall–Kier alpha value is -1.09. The van der Waals surface area contributed by atoms with Crippen LogP contribution in [-0.4, -0.2) is 170 Å². The minimum atomic E-state index is -1.74. The molecule has 3 heterocycles. The second-order valence-corrected chi connectivity index (χ2v) is 16.6. The van der Waals surface area contributed by atoms with Crippen LogP contribution in [0.1, 0.15) is 143 Å². The molecule has 0 radical (unpaired) electrons. The highest BCUT2D eigenvalue weighted by Crippen LogP contribution is 2.33. The lowest BCUT2D eigenvalue weighted by molar-refractivity contribution is -0.384. The molecule has 16 heteroatoms. The Morgan fingerprint density at radius 2 is 0.966 bits per heavy atom. The van der Waals surface area contributed by atoms with E-state index in [1.807, 2.05) is 0 Å². The Balaban J connectivity index is 1.67. The summed E-state index contributed by atoms with van der Waals surface area (Å²) in [5, 5.41) is 84.8. The van der Waals surface area contributed by atoms with Gasteiger partial charge in [-0.25, -0.2) is 0 Å². The summed E-state index contributed by atoms with van der Waals surface area (Å²) in [5.74, 6) is 0.0232. The summed E-state index contributed by atoms with van der Waals surface area (Å²) in [6, 6.07) is 0. The summed E-state index contributed by atoms with van der Waals surface area (Å²) in [7, 11) is 0. The highest BCUT2D eigenvalue weighted by molar-refractivity contribution is 5.76. The van der Waals surface area contributed by atoms with E-state index in [4.69, 9.17) is 28.4 Å². The quantitative estimate of drug-likeness (QED) is 0.0529. The number of carbonyl (C=O) groups excluding carboxylic acids is 1. The van der Waals surface area contributed by atoms with Crippen LogP contribution in [0.4, 0.5) is 0 Å². The fourth-order valence-electron chi connectivity index (χ4n) is 7.87. The van der Waals surface area contributed by atoms with E-state index in [9.17, 15) is 45.6 Å². The van der Waals surface area contributed by atoms with E-state index < -0.39 is 98.7 Å². The molecule has 0 unspecified atom stereocenters. The van der Waals surface area contributed by atoms with Crippen molar-refractivity contribution in [3.63, 3.8) is 0 Å². The van der Waals surface area contributed by atoms with E-state index >= 15 is 0 Å². The molecule has 0 aromatic carbocycles. The molecule has 0 bridgehead atoms. The first-order valence-electron chi connectivity index (χ1n) is 22.4. The second-order valence-electron chi connectivity index (χ2n) is 16.6. The van der Waals surface area contributed by atoms with Gasteiger partial charge in [-0.1, -0.05) is 110 Å². The number of aliphatic hydroxyl groups is 8. The van der Waals surface area contributed by atoms with Crippen molar-refractivity contribution in [3.8, 4) is 0 Å². The third kappa shape index (κ3) is 16.0. The zero-order chi connectivity index (χ0) is 42.6. The molecule has 3 aliphatic rings. The van der Waals surface area contributed by atoms with Gasteiger partial charge in [0.2, 0.25) is 5.91 Å². The molecule has 16 nitrogen and oxygen atoms in total. The maximum atomic E-state index is 13.5. The summed E-state index contributed by atoms with van der Waals surface area (Å²) < 4.78 is 35.3. The summed E-state index contributed by atoms with van der Waals surface area (Å²) in [6.07, 6.45) is -2.08. The van der Waals surface area contributed by atoms with Crippen molar-refractivity contribution in [3.05, 3.63) is 0 Å². The molecule has 0 spiro atoms. The molecule has 58 heavy (non-hydrogen) atoms. The zero-order valence-electron chi connectivity index (χ0n) is 35.6. The summed E-state index contributed by atoms with van der Waals surface area (Å²) >= 11 is 0. The van der Waals surface area contributed by atoms with Crippen LogP contribution in [-0.2, 0) is 33.2 Å². The normalized spacial score (nSPS) is 35.6. The van der Waals surface area contributed by atoms with Gasteiger partial charge in [-0.2, -0.15) is 0 Å². The molecule has 0 aliphatic carbocycles. The topological polar surface area (TPSA) is 238 Å². The molecule has 3 fully saturated rings. The predicted molar refractivity (Wildman–Crippen MR) is 213 cm³/mol. The number of nitrogens with zero attached hydrogens (tertiary/aromatic N) is 1. The average molecular weight is 838 g/mol. The van der Waals surface area contributed by atoms with E-state index in [1.165, 1.54) is 71.6 Å². The van der Waals surface area contributed by atoms with Crippen molar-refractivity contribution >= 4 is 5.91 Å². The van der Waals surface area contributed by atoms with Crippen molar-refractivity contribution < 1.29 is 74.1 Å². The monoisotopic (exact) mass is 838 g/mol. The highest BCUT2D eigenvalue weighted by Gasteiger charge is 2.53. The van der Waals surface area contributed by atoms with E-state index in [2.05, 4.69) is 13.8 Å². The van der Waals surface area contributed by atoms with Crippen LogP contribution in [0, 0.1) is 0 Å². The molecule has 15 atom stereocenters. The zero-order valence-corrected chi connectivity index (χ0v) is 35.6. The number of hydrogen-bond acceptors (Lipinski definition) is 15. The van der Waals surface area contributed by atoms with Crippen molar-refractivity contribution in [2.24, 2.45) is 0 Å². The van der Waals surface area contributed by atoms with Gasteiger partial charge in [0.1, 0.15) is 61.0 Å². The average Bonchev–Trinajstić information content (AvgIpc) is 3.21. The van der Waals surface area contributed by atoms with Crippen molar-refractivity contribution in [1.29, 1.82) is 0 Å². The first-order valence-corrected chi connectivity index (χ1v) is 22.4. The molecule has 0 saturated carbocycles. The largest absolute Gasteiger partial charge is 0.394 e. The lowest BCUT2D eigenvalue weighted by Gasteiger charge is -2.48. The number of aliphatic hydroxyl groups excluding tert-OH is 8. The van der Waals surface area contributed by atoms with Crippen molar-refractivity contribution in [2.45, 2.75) is 235 Å². The second kappa shape index (κ2) is 27.8. The van der Waals surface area contributed by atoms with Crippen LogP contribution in [0.2, 0.25) is 0 Å². The minimum Gasteiger partial charge on any atom is -0.394 e. The number of ether oxygens (including phenoxy) is 6. The van der Waals surface area contributed by atoms with E-state index in [0.717, 1.165) is 51.4 Å². The highest BCUT2D eigenvalue weighted by atomic mass is 16.8. The molecule has 1 amide bonds. The predicted octanol–water partition coefficient (Wildman–Crippen LogP) is 2.40. The van der Waals surface area contributed by atoms with Crippen LogP contribution in [0.25, 0.3) is 0 Å². The molecule has 0 aromatic rings. The fourth-order valence-corrected chi connectivity index (χ4v) is 7.87. The van der Waals surface area contributed by atoms with Crippen molar-refractivity contribution in [1.82, 2.24) is 4.90 Å². The standard InChI is InChI=1S/C42H79NO15/c1-5-7-9-11-12-13-14-15-16-17-19-21-23-43(30(45)22-20-18-10-8-6-2)24-25-53-42-39(58-41-36(51)34(49)32(47)28(4)55-41)37(52)38(29(26-44)56-42)57-40-35(50)33(48)31(46)27(3)54-40/h27-29,31-42,44,46-52H,5-26H2,1-4H3/t27-,28-,29+,31-,32-,33+,34+,35+,36+,37-,38+,39+,40-,41-,42+/m0/s1. The van der Waals surface area contributed by atoms with Gasteiger partial charge in [0.05, 0.1) is 25.4 Å². The molecule has 3 aliphatic heterocycles. The number of amides is 1. The Morgan fingerprint density at radius 1 is 0.517 bits per heavy atom. The van der Waals surface area contributed by atoms with Gasteiger partial charge >= 0.3 is 0 Å². The molecule has 3 saturated heterocycles. The van der Waals surface area contributed by atoms with Gasteiger partial charge in [-0.05, 0) is 26.7 Å². The number of carbonyl (C=O) groups is 1. The van der Waals surface area contributed by atoms with Gasteiger partial charge in [0.15, 0.2) is 18.9 Å². The van der Waals surface area contributed by atoms with Crippen LogP contribution in [0.5, 0.6) is 0 Å². The smallest absolute Gasteiger partial charge is 0.222 e. The third-order valence-electron chi connectivity index (χ3n) is 11.8. The molecule has 0 aromatic heterocycles. The lowest BCUT2D eigenvalue weighted by Crippen LogP contribution is -2.66. The van der Waals surface area contributed by atoms with Crippen LogP contribution >= 0.6 is 0 Å². The summed E-state index contributed by atoms with van der Waals surface area (Å²) in [4.78, 5) is 15.3. The Kier molecular flexibility index (Phi) is 24.5. The Bertz CT molecular complexity index is 1090. The van der Waals surface area contributed by atoms with E-state index in [0.29, 0.717) is 13.0 Å². The molecule has 8 N–H and O–H groups in total. The third-order valence-corrected chi connectivity index (χ3v) is 11.8. The number of unbranched alkanes of at least 4 members (excludes halogenated alkanes) is 15. The van der Waals surface area contributed by atoms with Gasteiger partial charge in [-0.3, -0.25) is 4.79 Å². The van der Waals surface area contributed by atoms with Crippen LogP contribution < -0.4 is 0 Å². The molecule has 342 valence electrons. The number of hydrogen-bond donors (Lipinski definition) is 8. The molecular formula is C42H79NO15. The lowest BCUT2D eigenvalue weighted by atomic mass is 9.96. The van der Waals surface area contributed by atoms with Gasteiger partial charge < -0.3 is 74.2 Å². The van der Waals surface area contributed by atoms with Crippen LogP contribution in [0.3, 0.4) is 0 Å². The Labute approximate surface area is 346 Å². The van der Waals surface area contributed by atoms with Gasteiger partial charge in [-0.15, -0.1) is 0 Å². The first-order chi connectivity index (χ1) is 27.9. The molecule has 3 rings (SSSR count). The maximum Gasteiger partial charge on any atom is 0.222 e. The first kappa shape index (κ1) is 51.3. The summed E-state index contributed by atoms with van der Waals surface area (Å²) in [6.45, 7) is 7.35. The minimum absolute atomic E-state index is 0.0232. The Morgan fingerprint density at radius 3 is 1.45 bits per heavy atom. The van der Waals surface area contributed by atoms with Crippen molar-refractivity contribution in [2.75, 3.05) is 26.3 Å². The fraction of sp³-hybridized carbons (Fsp3) is 0.976. The van der Waals surface area contributed by atoms with Crippen LogP contribution in [0.15, 0.2) is 0 Å².